The highest BCUT2D eigenvalue weighted by Crippen LogP contribution is 2.30. The SMILES string of the molecule is Cn1c(Nc2ccc(Br)c(Cl)c2)nc2cc(Oc3ccnc(C(=O)NCCO)c3)ccc21. The largest absolute Gasteiger partial charge is 0.457 e. The molecule has 0 aliphatic rings. The van der Waals surface area contributed by atoms with Crippen LogP contribution in [0.1, 0.15) is 10.5 Å². The number of rotatable bonds is 7. The predicted octanol–water partition coefficient (Wildman–Crippen LogP) is 4.64. The van der Waals surface area contributed by atoms with Crippen molar-refractivity contribution in [1.82, 2.24) is 19.9 Å². The van der Waals surface area contributed by atoms with Crippen molar-refractivity contribution in [1.29, 1.82) is 0 Å². The highest BCUT2D eigenvalue weighted by Gasteiger charge is 2.12. The van der Waals surface area contributed by atoms with Crippen molar-refractivity contribution in [2.45, 2.75) is 0 Å². The number of nitrogens with one attached hydrogen (secondary N) is 2. The number of nitrogens with zero attached hydrogens (tertiary/aromatic N) is 3. The average Bonchev–Trinajstić information content (AvgIpc) is 3.09. The number of benzene rings is 2. The zero-order chi connectivity index (χ0) is 22.7. The van der Waals surface area contributed by atoms with Crippen LogP contribution in [0.15, 0.2) is 59.2 Å². The number of anilines is 2. The van der Waals surface area contributed by atoms with Gasteiger partial charge in [0.1, 0.15) is 17.2 Å². The molecule has 4 aromatic rings. The monoisotopic (exact) mass is 515 g/mol. The third-order valence-corrected chi connectivity index (χ3v) is 5.86. The summed E-state index contributed by atoms with van der Waals surface area (Å²) in [6.45, 7) is 0.0164. The Bertz CT molecular complexity index is 1290. The molecule has 0 atom stereocenters. The van der Waals surface area contributed by atoms with Gasteiger partial charge >= 0.3 is 0 Å². The molecule has 0 unspecified atom stereocenters. The number of aromatic nitrogens is 3. The summed E-state index contributed by atoms with van der Waals surface area (Å²) in [6, 6.07) is 14.4. The predicted molar refractivity (Wildman–Crippen MR) is 127 cm³/mol. The van der Waals surface area contributed by atoms with Crippen LogP contribution in [0.3, 0.4) is 0 Å². The van der Waals surface area contributed by atoms with Crippen molar-refractivity contribution >= 4 is 56.1 Å². The number of aliphatic hydroxyl groups is 1. The Labute approximate surface area is 197 Å². The number of aryl methyl sites for hydroxylation is 1. The van der Waals surface area contributed by atoms with Crippen molar-refractivity contribution in [3.8, 4) is 11.5 Å². The summed E-state index contributed by atoms with van der Waals surface area (Å²) < 4.78 is 8.67. The molecule has 4 rings (SSSR count). The number of pyridine rings is 1. The lowest BCUT2D eigenvalue weighted by atomic mass is 10.3. The molecule has 2 aromatic carbocycles. The van der Waals surface area contributed by atoms with Gasteiger partial charge in [-0.15, -0.1) is 0 Å². The molecule has 0 saturated heterocycles. The van der Waals surface area contributed by atoms with E-state index in [9.17, 15) is 4.79 Å². The van der Waals surface area contributed by atoms with Gasteiger partial charge in [-0.05, 0) is 52.3 Å². The molecular formula is C22H19BrClN5O3. The first kappa shape index (κ1) is 22.1. The third-order valence-electron chi connectivity index (χ3n) is 4.63. The highest BCUT2D eigenvalue weighted by molar-refractivity contribution is 9.10. The fourth-order valence-electron chi connectivity index (χ4n) is 3.05. The van der Waals surface area contributed by atoms with E-state index in [1.165, 1.54) is 6.20 Å². The topological polar surface area (TPSA) is 101 Å². The van der Waals surface area contributed by atoms with Gasteiger partial charge in [0, 0.05) is 42.1 Å². The molecule has 2 heterocycles. The number of hydrogen-bond acceptors (Lipinski definition) is 6. The second-order valence-electron chi connectivity index (χ2n) is 6.86. The standard InChI is InChI=1S/C22H19BrClN5O3/c1-29-20-5-3-14(32-15-6-7-25-19(12-15)21(31)26-8-9-30)11-18(20)28-22(29)27-13-2-4-16(23)17(24)10-13/h2-7,10-12,30H,8-9H2,1H3,(H,26,31)(H,27,28). The maximum atomic E-state index is 12.0. The zero-order valence-corrected chi connectivity index (χ0v) is 19.3. The molecule has 0 fully saturated rings. The van der Waals surface area contributed by atoms with Gasteiger partial charge in [-0.3, -0.25) is 9.78 Å². The number of halogens is 2. The number of carbonyl (C=O) groups is 1. The molecule has 0 bridgehead atoms. The van der Waals surface area contributed by atoms with E-state index in [1.807, 2.05) is 48.0 Å². The van der Waals surface area contributed by atoms with E-state index >= 15 is 0 Å². The number of aliphatic hydroxyl groups excluding tert-OH is 1. The summed E-state index contributed by atoms with van der Waals surface area (Å²) in [4.78, 5) is 20.7. The molecule has 8 nitrogen and oxygen atoms in total. The van der Waals surface area contributed by atoms with Gasteiger partial charge < -0.3 is 25.0 Å². The van der Waals surface area contributed by atoms with Gasteiger partial charge in [0.2, 0.25) is 5.95 Å². The van der Waals surface area contributed by atoms with Gasteiger partial charge in [0.05, 0.1) is 22.7 Å². The fraction of sp³-hybridized carbons (Fsp3) is 0.136. The van der Waals surface area contributed by atoms with Gasteiger partial charge in [-0.1, -0.05) is 11.6 Å². The van der Waals surface area contributed by atoms with Crippen LogP contribution in [0, 0.1) is 0 Å². The number of amides is 1. The van der Waals surface area contributed by atoms with Crippen molar-refractivity contribution in [2.24, 2.45) is 7.05 Å². The minimum absolute atomic E-state index is 0.141. The summed E-state index contributed by atoms with van der Waals surface area (Å²) in [6.07, 6.45) is 1.49. The van der Waals surface area contributed by atoms with E-state index in [-0.39, 0.29) is 24.8 Å². The van der Waals surface area contributed by atoms with Gasteiger partial charge in [-0.25, -0.2) is 4.98 Å². The highest BCUT2D eigenvalue weighted by atomic mass is 79.9. The first-order valence-corrected chi connectivity index (χ1v) is 10.8. The van der Waals surface area contributed by atoms with Crippen molar-refractivity contribution in [3.05, 3.63) is 69.9 Å². The van der Waals surface area contributed by atoms with Crippen LogP contribution in [0.25, 0.3) is 11.0 Å². The average molecular weight is 517 g/mol. The molecule has 0 saturated carbocycles. The van der Waals surface area contributed by atoms with Gasteiger partial charge in [-0.2, -0.15) is 0 Å². The lowest BCUT2D eigenvalue weighted by molar-refractivity contribution is 0.0939. The van der Waals surface area contributed by atoms with Crippen LogP contribution in [0.2, 0.25) is 5.02 Å². The van der Waals surface area contributed by atoms with Crippen molar-refractivity contribution in [3.63, 3.8) is 0 Å². The molecule has 0 aliphatic carbocycles. The second-order valence-corrected chi connectivity index (χ2v) is 8.12. The van der Waals surface area contributed by atoms with Crippen LogP contribution in [0.5, 0.6) is 11.5 Å². The van der Waals surface area contributed by atoms with Crippen LogP contribution in [0.4, 0.5) is 11.6 Å². The van der Waals surface area contributed by atoms with Gasteiger partial charge in [0.25, 0.3) is 5.91 Å². The second kappa shape index (κ2) is 9.56. The Morgan fingerprint density at radius 1 is 1.19 bits per heavy atom. The van der Waals surface area contributed by atoms with E-state index in [0.717, 1.165) is 21.2 Å². The number of imidazole rings is 1. The molecule has 0 spiro atoms. The van der Waals surface area contributed by atoms with Gasteiger partial charge in [0.15, 0.2) is 0 Å². The summed E-state index contributed by atoms with van der Waals surface area (Å²) in [5, 5.41) is 15.3. The normalized spacial score (nSPS) is 10.9. The Balaban J connectivity index is 1.55. The van der Waals surface area contributed by atoms with E-state index in [0.29, 0.717) is 22.5 Å². The zero-order valence-electron chi connectivity index (χ0n) is 17.0. The summed E-state index contributed by atoms with van der Waals surface area (Å²) in [5.41, 5.74) is 2.68. The van der Waals surface area contributed by atoms with Crippen molar-refractivity contribution < 1.29 is 14.6 Å². The van der Waals surface area contributed by atoms with Crippen molar-refractivity contribution in [2.75, 3.05) is 18.5 Å². The van der Waals surface area contributed by atoms with Crippen LogP contribution >= 0.6 is 27.5 Å². The summed E-state index contributed by atoms with van der Waals surface area (Å²) in [5.74, 6) is 1.31. The Morgan fingerprint density at radius 3 is 2.78 bits per heavy atom. The number of hydrogen-bond donors (Lipinski definition) is 3. The number of ether oxygens (including phenoxy) is 1. The molecule has 10 heteroatoms. The van der Waals surface area contributed by atoms with E-state index in [2.05, 4.69) is 36.5 Å². The molecule has 164 valence electrons. The molecule has 2 aromatic heterocycles. The molecular weight excluding hydrogens is 498 g/mol. The Kier molecular flexibility index (Phi) is 6.59. The van der Waals surface area contributed by atoms with E-state index in [1.54, 1.807) is 12.1 Å². The molecule has 32 heavy (non-hydrogen) atoms. The smallest absolute Gasteiger partial charge is 0.270 e. The van der Waals surface area contributed by atoms with E-state index < -0.39 is 0 Å². The molecule has 3 N–H and O–H groups in total. The molecule has 1 amide bonds. The molecule has 0 radical (unpaired) electrons. The number of carbonyl (C=O) groups excluding carboxylic acids is 1. The Hall–Kier alpha value is -3.14. The van der Waals surface area contributed by atoms with E-state index in [4.69, 9.17) is 21.4 Å². The molecule has 0 aliphatic heterocycles. The van der Waals surface area contributed by atoms with Crippen LogP contribution in [-0.4, -0.2) is 38.7 Å². The minimum atomic E-state index is -0.381. The maximum absolute atomic E-state index is 12.0. The van der Waals surface area contributed by atoms with Crippen LogP contribution in [-0.2, 0) is 7.05 Å². The maximum Gasteiger partial charge on any atom is 0.270 e. The quantitative estimate of drug-likeness (QED) is 0.331. The lowest BCUT2D eigenvalue weighted by Crippen LogP contribution is -2.27. The summed E-state index contributed by atoms with van der Waals surface area (Å²) >= 11 is 9.57. The van der Waals surface area contributed by atoms with Crippen LogP contribution < -0.4 is 15.4 Å². The Morgan fingerprint density at radius 2 is 2.00 bits per heavy atom. The lowest BCUT2D eigenvalue weighted by Gasteiger charge is -2.08. The first-order valence-electron chi connectivity index (χ1n) is 9.66. The fourth-order valence-corrected chi connectivity index (χ4v) is 3.48. The number of fused-ring (bicyclic) bond motifs is 1. The third kappa shape index (κ3) is 4.85. The minimum Gasteiger partial charge on any atom is -0.457 e. The first-order chi connectivity index (χ1) is 15.4. The summed E-state index contributed by atoms with van der Waals surface area (Å²) in [7, 11) is 1.92.